The summed E-state index contributed by atoms with van der Waals surface area (Å²) in [4.78, 5) is 0.920. The van der Waals surface area contributed by atoms with Gasteiger partial charge in [-0.1, -0.05) is 12.1 Å². The zero-order valence-corrected chi connectivity index (χ0v) is 10.5. The van der Waals surface area contributed by atoms with Gasteiger partial charge in [-0.05, 0) is 24.8 Å². The van der Waals surface area contributed by atoms with E-state index in [2.05, 4.69) is 0 Å². The summed E-state index contributed by atoms with van der Waals surface area (Å²) >= 11 is 1.34. The summed E-state index contributed by atoms with van der Waals surface area (Å²) in [7, 11) is -3.23. The minimum atomic E-state index is -3.23. The van der Waals surface area contributed by atoms with Crippen LogP contribution in [0.3, 0.4) is 0 Å². The van der Waals surface area contributed by atoms with Gasteiger partial charge in [-0.3, -0.25) is 0 Å². The van der Waals surface area contributed by atoms with E-state index in [9.17, 15) is 13.5 Å². The third-order valence-electron chi connectivity index (χ3n) is 2.06. The molecule has 1 unspecified atom stereocenters. The highest BCUT2D eigenvalue weighted by atomic mass is 32.2. The highest BCUT2D eigenvalue weighted by Gasteiger charge is 2.17. The quantitative estimate of drug-likeness (QED) is 0.827. The van der Waals surface area contributed by atoms with E-state index in [0.717, 1.165) is 0 Å². The predicted molar refractivity (Wildman–Crippen MR) is 62.0 cm³/mol. The fourth-order valence-electron chi connectivity index (χ4n) is 1.37. The molecule has 0 amide bonds. The van der Waals surface area contributed by atoms with Gasteiger partial charge in [-0.2, -0.15) is 0 Å². The zero-order chi connectivity index (χ0) is 11.6. The summed E-state index contributed by atoms with van der Waals surface area (Å²) in [5, 5.41) is 9.52. The first-order chi connectivity index (χ1) is 6.88. The molecule has 0 heterocycles. The van der Waals surface area contributed by atoms with Crippen molar-refractivity contribution in [2.24, 2.45) is 0 Å². The molecule has 0 aliphatic carbocycles. The highest BCUT2D eigenvalue weighted by molar-refractivity contribution is 7.99. The Hall–Kier alpha value is -0.520. The Balaban J connectivity index is 3.49. The van der Waals surface area contributed by atoms with Crippen LogP contribution in [0.25, 0.3) is 0 Å². The molecule has 0 saturated heterocycles. The van der Waals surface area contributed by atoms with Crippen molar-refractivity contribution in [3.05, 3.63) is 23.8 Å². The molecule has 1 rings (SSSR count). The lowest BCUT2D eigenvalue weighted by molar-refractivity contribution is 0.196. The van der Waals surface area contributed by atoms with E-state index in [1.54, 1.807) is 31.4 Å². The Morgan fingerprint density at radius 3 is 2.40 bits per heavy atom. The average Bonchev–Trinajstić information content (AvgIpc) is 2.15. The van der Waals surface area contributed by atoms with Crippen LogP contribution in [0, 0.1) is 0 Å². The van der Waals surface area contributed by atoms with Gasteiger partial charge in [-0.25, -0.2) is 8.42 Å². The van der Waals surface area contributed by atoms with Crippen LogP contribution < -0.4 is 0 Å². The number of aliphatic hydroxyl groups excluding tert-OH is 1. The van der Waals surface area contributed by atoms with Crippen LogP contribution in [-0.2, 0) is 9.84 Å². The summed E-state index contributed by atoms with van der Waals surface area (Å²) in [6.07, 6.45) is 2.32. The van der Waals surface area contributed by atoms with E-state index < -0.39 is 15.9 Å². The first-order valence-electron chi connectivity index (χ1n) is 4.43. The second-order valence-electron chi connectivity index (χ2n) is 3.33. The molecule has 0 aromatic heterocycles. The van der Waals surface area contributed by atoms with Crippen molar-refractivity contribution >= 4 is 21.6 Å². The van der Waals surface area contributed by atoms with Crippen molar-refractivity contribution in [1.82, 2.24) is 0 Å². The van der Waals surface area contributed by atoms with Gasteiger partial charge in [0.2, 0.25) is 0 Å². The molecule has 0 radical (unpaired) electrons. The van der Waals surface area contributed by atoms with Gasteiger partial charge in [-0.15, -0.1) is 11.8 Å². The van der Waals surface area contributed by atoms with Crippen LogP contribution in [0.5, 0.6) is 0 Å². The maximum absolute atomic E-state index is 11.5. The van der Waals surface area contributed by atoms with Gasteiger partial charge in [0.15, 0.2) is 9.84 Å². The molecular formula is C10H14O3S2. The number of hydrogen-bond acceptors (Lipinski definition) is 4. The van der Waals surface area contributed by atoms with Gasteiger partial charge in [0.25, 0.3) is 0 Å². The van der Waals surface area contributed by atoms with Crippen molar-refractivity contribution in [1.29, 1.82) is 0 Å². The standard InChI is InChI=1S/C10H14O3S2/c1-7(11)8-5-4-6-9(10(8)14-2)15(3,12)13/h4-7,11H,1-3H3. The first-order valence-corrected chi connectivity index (χ1v) is 7.54. The number of thioether (sulfide) groups is 1. The third kappa shape index (κ3) is 2.74. The van der Waals surface area contributed by atoms with E-state index in [1.165, 1.54) is 18.0 Å². The largest absolute Gasteiger partial charge is 0.389 e. The lowest BCUT2D eigenvalue weighted by atomic mass is 10.1. The van der Waals surface area contributed by atoms with Crippen molar-refractivity contribution in [2.45, 2.75) is 22.8 Å². The Kier molecular flexibility index (Phi) is 3.81. The number of sulfone groups is 1. The molecule has 1 aromatic carbocycles. The predicted octanol–water partition coefficient (Wildman–Crippen LogP) is 1.87. The van der Waals surface area contributed by atoms with Crippen LogP contribution in [0.2, 0.25) is 0 Å². The molecule has 1 N–H and O–H groups in total. The van der Waals surface area contributed by atoms with E-state index in [1.807, 2.05) is 0 Å². The molecule has 15 heavy (non-hydrogen) atoms. The van der Waals surface area contributed by atoms with Gasteiger partial charge >= 0.3 is 0 Å². The summed E-state index contributed by atoms with van der Waals surface area (Å²) in [6.45, 7) is 1.63. The van der Waals surface area contributed by atoms with Crippen molar-refractivity contribution in [3.63, 3.8) is 0 Å². The van der Waals surface area contributed by atoms with Gasteiger partial charge in [0.05, 0.1) is 11.0 Å². The van der Waals surface area contributed by atoms with Crippen molar-refractivity contribution in [3.8, 4) is 0 Å². The van der Waals surface area contributed by atoms with Crippen LogP contribution >= 0.6 is 11.8 Å². The van der Waals surface area contributed by atoms with E-state index in [-0.39, 0.29) is 4.90 Å². The SMILES string of the molecule is CSc1c(C(C)O)cccc1S(C)(=O)=O. The molecule has 0 bridgehead atoms. The zero-order valence-electron chi connectivity index (χ0n) is 8.89. The van der Waals surface area contributed by atoms with Gasteiger partial charge in [0, 0.05) is 11.2 Å². The van der Waals surface area contributed by atoms with Crippen LogP contribution in [0.1, 0.15) is 18.6 Å². The normalized spacial score (nSPS) is 13.9. The smallest absolute Gasteiger partial charge is 0.176 e. The van der Waals surface area contributed by atoms with Crippen LogP contribution in [-0.4, -0.2) is 26.0 Å². The second-order valence-corrected chi connectivity index (χ2v) is 6.13. The Morgan fingerprint density at radius 2 is 2.00 bits per heavy atom. The lowest BCUT2D eigenvalue weighted by Gasteiger charge is -2.13. The van der Waals surface area contributed by atoms with Gasteiger partial charge in [0.1, 0.15) is 0 Å². The monoisotopic (exact) mass is 246 g/mol. The Bertz CT molecular complexity index is 450. The topological polar surface area (TPSA) is 54.4 Å². The van der Waals surface area contributed by atoms with Crippen LogP contribution in [0.4, 0.5) is 0 Å². The molecule has 5 heteroatoms. The molecule has 3 nitrogen and oxygen atoms in total. The van der Waals surface area contributed by atoms with Crippen molar-refractivity contribution < 1.29 is 13.5 Å². The maximum Gasteiger partial charge on any atom is 0.176 e. The van der Waals surface area contributed by atoms with E-state index in [4.69, 9.17) is 0 Å². The average molecular weight is 246 g/mol. The summed E-state index contributed by atoms with van der Waals surface area (Å²) in [5.74, 6) is 0. The fourth-order valence-corrected chi connectivity index (χ4v) is 3.60. The third-order valence-corrected chi connectivity index (χ3v) is 4.20. The molecule has 0 aliphatic heterocycles. The second kappa shape index (κ2) is 4.55. The highest BCUT2D eigenvalue weighted by Crippen LogP contribution is 2.31. The molecule has 0 fully saturated rings. The Morgan fingerprint density at radius 1 is 1.40 bits per heavy atom. The summed E-state index contributed by atoms with van der Waals surface area (Å²) in [5.41, 5.74) is 0.658. The molecule has 0 spiro atoms. The molecule has 1 aromatic rings. The maximum atomic E-state index is 11.5. The number of hydrogen-bond donors (Lipinski definition) is 1. The molecule has 0 aliphatic rings. The minimum Gasteiger partial charge on any atom is -0.389 e. The molecule has 1 atom stereocenters. The summed E-state index contributed by atoms with van der Waals surface area (Å²) < 4.78 is 23.0. The lowest BCUT2D eigenvalue weighted by Crippen LogP contribution is -2.03. The first kappa shape index (κ1) is 12.5. The fraction of sp³-hybridized carbons (Fsp3) is 0.400. The van der Waals surface area contributed by atoms with E-state index in [0.29, 0.717) is 10.5 Å². The number of benzene rings is 1. The molecular weight excluding hydrogens is 232 g/mol. The van der Waals surface area contributed by atoms with Gasteiger partial charge < -0.3 is 5.11 Å². The number of rotatable bonds is 3. The summed E-state index contributed by atoms with van der Waals surface area (Å²) in [6, 6.07) is 4.95. The Labute approximate surface area is 94.4 Å². The minimum absolute atomic E-state index is 0.286. The van der Waals surface area contributed by atoms with Crippen molar-refractivity contribution in [2.75, 3.05) is 12.5 Å². The molecule has 0 saturated carbocycles. The molecule has 84 valence electrons. The van der Waals surface area contributed by atoms with E-state index >= 15 is 0 Å². The number of aliphatic hydroxyl groups is 1. The van der Waals surface area contributed by atoms with Crippen LogP contribution in [0.15, 0.2) is 28.0 Å².